The summed E-state index contributed by atoms with van der Waals surface area (Å²) >= 11 is 1.68. The molecule has 0 fully saturated rings. The summed E-state index contributed by atoms with van der Waals surface area (Å²) in [5.74, 6) is 2.24. The van der Waals surface area contributed by atoms with Gasteiger partial charge in [0, 0.05) is 24.9 Å². The molecule has 2 aromatic rings. The van der Waals surface area contributed by atoms with E-state index in [1.807, 2.05) is 11.4 Å². The third-order valence-corrected chi connectivity index (χ3v) is 5.16. The summed E-state index contributed by atoms with van der Waals surface area (Å²) < 4.78 is 2.13. The van der Waals surface area contributed by atoms with Gasteiger partial charge in [0.2, 0.25) is 0 Å². The summed E-state index contributed by atoms with van der Waals surface area (Å²) in [5.41, 5.74) is 0. The van der Waals surface area contributed by atoms with Crippen molar-refractivity contribution in [1.82, 2.24) is 25.0 Å². The number of carbonyl (C=O) groups is 1. The molecule has 0 saturated carbocycles. The van der Waals surface area contributed by atoms with Crippen LogP contribution < -0.4 is 5.32 Å². The minimum Gasteiger partial charge on any atom is -0.330 e. The Labute approximate surface area is 140 Å². The third kappa shape index (κ3) is 3.39. The lowest BCUT2D eigenvalue weighted by Crippen LogP contribution is -2.40. The van der Waals surface area contributed by atoms with Crippen LogP contribution in [0.1, 0.15) is 42.8 Å². The van der Waals surface area contributed by atoms with Crippen molar-refractivity contribution in [2.75, 3.05) is 7.05 Å². The molecule has 124 valence electrons. The number of amides is 2. The molecule has 1 N–H and O–H groups in total. The van der Waals surface area contributed by atoms with Crippen LogP contribution in [0.3, 0.4) is 0 Å². The van der Waals surface area contributed by atoms with Gasteiger partial charge in [0.15, 0.2) is 5.82 Å². The number of nitrogens with zero attached hydrogens (tertiary/aromatic N) is 4. The van der Waals surface area contributed by atoms with Crippen molar-refractivity contribution < 1.29 is 4.79 Å². The Morgan fingerprint density at radius 2 is 2.30 bits per heavy atom. The van der Waals surface area contributed by atoms with Gasteiger partial charge in [-0.25, -0.2) is 4.79 Å². The fourth-order valence-electron chi connectivity index (χ4n) is 2.89. The van der Waals surface area contributed by atoms with Gasteiger partial charge in [0.25, 0.3) is 0 Å². The van der Waals surface area contributed by atoms with E-state index in [-0.39, 0.29) is 12.1 Å². The molecule has 2 amide bonds. The van der Waals surface area contributed by atoms with Crippen molar-refractivity contribution in [3.8, 4) is 0 Å². The summed E-state index contributed by atoms with van der Waals surface area (Å²) in [6.45, 7) is 5.68. The average Bonchev–Trinajstić information content (AvgIpc) is 3.23. The Morgan fingerprint density at radius 3 is 3.00 bits per heavy atom. The predicted molar refractivity (Wildman–Crippen MR) is 90.2 cm³/mol. The van der Waals surface area contributed by atoms with E-state index in [0.29, 0.717) is 12.5 Å². The second kappa shape index (κ2) is 6.70. The van der Waals surface area contributed by atoms with Gasteiger partial charge in [0.05, 0.1) is 12.6 Å². The Kier molecular flexibility index (Phi) is 4.66. The quantitative estimate of drug-likeness (QED) is 0.915. The SMILES string of the molecule is CC(C)[C@@H](NC(=O)N(C)Cc1nnc2n1CCC2)c1cccs1. The maximum absolute atomic E-state index is 12.5. The topological polar surface area (TPSA) is 63.1 Å². The molecule has 1 aliphatic rings. The zero-order chi connectivity index (χ0) is 16.4. The molecule has 0 radical (unpaired) electrons. The molecular weight excluding hydrogens is 310 g/mol. The van der Waals surface area contributed by atoms with Crippen LogP contribution in [0.4, 0.5) is 4.79 Å². The maximum Gasteiger partial charge on any atom is 0.318 e. The van der Waals surface area contributed by atoms with Gasteiger partial charge in [0.1, 0.15) is 5.82 Å². The molecule has 0 aliphatic carbocycles. The highest BCUT2D eigenvalue weighted by molar-refractivity contribution is 7.10. The van der Waals surface area contributed by atoms with Gasteiger partial charge in [-0.3, -0.25) is 0 Å². The van der Waals surface area contributed by atoms with Crippen molar-refractivity contribution in [1.29, 1.82) is 0 Å². The lowest BCUT2D eigenvalue weighted by molar-refractivity contribution is 0.197. The highest BCUT2D eigenvalue weighted by Crippen LogP contribution is 2.26. The number of rotatable bonds is 5. The van der Waals surface area contributed by atoms with Gasteiger partial charge in [-0.1, -0.05) is 19.9 Å². The van der Waals surface area contributed by atoms with Crippen molar-refractivity contribution in [3.63, 3.8) is 0 Å². The van der Waals surface area contributed by atoms with Gasteiger partial charge in [-0.05, 0) is 23.8 Å². The molecule has 3 rings (SSSR count). The molecule has 23 heavy (non-hydrogen) atoms. The standard InChI is InChI=1S/C16H23N5OS/c1-11(2)15(12-6-5-9-23-12)17-16(22)20(3)10-14-19-18-13-7-4-8-21(13)14/h5-6,9,11,15H,4,7-8,10H2,1-3H3,(H,17,22)/t15-/m1/s1. The number of thiophene rings is 1. The Balaban J connectivity index is 1.64. The Morgan fingerprint density at radius 1 is 1.48 bits per heavy atom. The van der Waals surface area contributed by atoms with Gasteiger partial charge in [-0.2, -0.15) is 0 Å². The van der Waals surface area contributed by atoms with E-state index in [1.165, 1.54) is 4.88 Å². The van der Waals surface area contributed by atoms with Crippen LogP contribution in [-0.4, -0.2) is 32.7 Å². The number of aryl methyl sites for hydroxylation is 1. The molecule has 7 heteroatoms. The summed E-state index contributed by atoms with van der Waals surface area (Å²) in [6, 6.07) is 4.05. The first kappa shape index (κ1) is 16.0. The number of hydrogen-bond acceptors (Lipinski definition) is 4. The summed E-state index contributed by atoms with van der Waals surface area (Å²) in [7, 11) is 1.80. The molecule has 0 spiro atoms. The average molecular weight is 333 g/mol. The van der Waals surface area contributed by atoms with Crippen LogP contribution in [0.2, 0.25) is 0 Å². The Hall–Kier alpha value is -1.89. The number of hydrogen-bond donors (Lipinski definition) is 1. The molecule has 6 nitrogen and oxygen atoms in total. The van der Waals surface area contributed by atoms with E-state index in [0.717, 1.165) is 31.0 Å². The molecule has 0 aromatic carbocycles. The first-order valence-corrected chi connectivity index (χ1v) is 8.90. The zero-order valence-corrected chi connectivity index (χ0v) is 14.6. The van der Waals surface area contributed by atoms with E-state index in [9.17, 15) is 4.79 Å². The van der Waals surface area contributed by atoms with E-state index in [1.54, 1.807) is 23.3 Å². The van der Waals surface area contributed by atoms with Gasteiger partial charge in [-0.15, -0.1) is 21.5 Å². The van der Waals surface area contributed by atoms with Crippen LogP contribution in [0, 0.1) is 5.92 Å². The van der Waals surface area contributed by atoms with Crippen LogP contribution in [-0.2, 0) is 19.5 Å². The predicted octanol–water partition coefficient (Wildman–Crippen LogP) is 2.82. The largest absolute Gasteiger partial charge is 0.330 e. The van der Waals surface area contributed by atoms with Crippen molar-refractivity contribution in [3.05, 3.63) is 34.0 Å². The van der Waals surface area contributed by atoms with Crippen molar-refractivity contribution in [2.45, 2.75) is 45.8 Å². The molecule has 0 bridgehead atoms. The number of nitrogens with one attached hydrogen (secondary N) is 1. The smallest absolute Gasteiger partial charge is 0.318 e. The summed E-state index contributed by atoms with van der Waals surface area (Å²) in [6.07, 6.45) is 2.10. The number of aromatic nitrogens is 3. The van der Waals surface area contributed by atoms with Crippen molar-refractivity contribution >= 4 is 17.4 Å². The van der Waals surface area contributed by atoms with Crippen molar-refractivity contribution in [2.24, 2.45) is 5.92 Å². The monoisotopic (exact) mass is 333 g/mol. The minimum atomic E-state index is -0.0764. The summed E-state index contributed by atoms with van der Waals surface area (Å²) in [4.78, 5) is 15.4. The highest BCUT2D eigenvalue weighted by Gasteiger charge is 2.23. The molecule has 2 aromatic heterocycles. The maximum atomic E-state index is 12.5. The van der Waals surface area contributed by atoms with E-state index in [2.05, 4.69) is 40.0 Å². The first-order valence-electron chi connectivity index (χ1n) is 8.02. The van der Waals surface area contributed by atoms with Crippen LogP contribution in [0.15, 0.2) is 17.5 Å². The summed E-state index contributed by atoms with van der Waals surface area (Å²) in [5, 5.41) is 13.6. The Bertz CT molecular complexity index is 664. The molecule has 1 aliphatic heterocycles. The second-order valence-electron chi connectivity index (χ2n) is 6.33. The number of carbonyl (C=O) groups excluding carboxylic acids is 1. The molecule has 0 unspecified atom stereocenters. The molecule has 1 atom stereocenters. The van der Waals surface area contributed by atoms with E-state index in [4.69, 9.17) is 0 Å². The third-order valence-electron chi connectivity index (χ3n) is 4.21. The van der Waals surface area contributed by atoms with Crippen LogP contribution in [0.25, 0.3) is 0 Å². The number of fused-ring (bicyclic) bond motifs is 1. The second-order valence-corrected chi connectivity index (χ2v) is 7.31. The lowest BCUT2D eigenvalue weighted by Gasteiger charge is -2.25. The van der Waals surface area contributed by atoms with E-state index < -0.39 is 0 Å². The fourth-order valence-corrected chi connectivity index (χ4v) is 3.84. The molecular formula is C16H23N5OS. The fraction of sp³-hybridized carbons (Fsp3) is 0.562. The highest BCUT2D eigenvalue weighted by atomic mass is 32.1. The van der Waals surface area contributed by atoms with Gasteiger partial charge < -0.3 is 14.8 Å². The minimum absolute atomic E-state index is 0.0362. The number of urea groups is 1. The zero-order valence-electron chi connectivity index (χ0n) is 13.8. The van der Waals surface area contributed by atoms with Gasteiger partial charge >= 0.3 is 6.03 Å². The lowest BCUT2D eigenvalue weighted by atomic mass is 10.0. The molecule has 3 heterocycles. The van der Waals surface area contributed by atoms with Crippen LogP contribution >= 0.6 is 11.3 Å². The van der Waals surface area contributed by atoms with E-state index >= 15 is 0 Å². The molecule has 0 saturated heterocycles. The van der Waals surface area contributed by atoms with Crippen LogP contribution in [0.5, 0.6) is 0 Å². The first-order chi connectivity index (χ1) is 11.1. The normalized spacial score (nSPS) is 14.8.